The van der Waals surface area contributed by atoms with Gasteiger partial charge >= 0.3 is 20.4 Å². The molecule has 0 aromatic heterocycles. The van der Waals surface area contributed by atoms with Crippen molar-refractivity contribution in [2.24, 2.45) is 0 Å². The molecule has 0 bridgehead atoms. The summed E-state index contributed by atoms with van der Waals surface area (Å²) in [6, 6.07) is 9.92. The number of rotatable bonds is 8. The van der Waals surface area contributed by atoms with Gasteiger partial charge < -0.3 is 5.32 Å². The third kappa shape index (κ3) is 6.81. The van der Waals surface area contributed by atoms with Crippen LogP contribution in [0.1, 0.15) is 55.4 Å². The van der Waals surface area contributed by atoms with Crippen molar-refractivity contribution >= 4 is 37.8 Å². The van der Waals surface area contributed by atoms with Gasteiger partial charge in [0.25, 0.3) is 0 Å². The zero-order valence-corrected chi connectivity index (χ0v) is 22.9. The molecule has 0 fully saturated rings. The zero-order valence-electron chi connectivity index (χ0n) is 19.3. The molecule has 2 aromatic rings. The summed E-state index contributed by atoms with van der Waals surface area (Å²) in [5.74, 6) is -0.424. The number of benzene rings is 2. The van der Waals surface area contributed by atoms with Gasteiger partial charge in [-0.3, -0.25) is 0 Å². The van der Waals surface area contributed by atoms with E-state index in [1.165, 1.54) is 12.1 Å². The molecular formula is C24H37F2NP2Pd+2. The standard InChI is InChI=1S/C24H34F2NP2.Pd.H/c1-15(2)28(16(3)4)23-13-19(25)9-11-21(23)27-22-12-10-20(26)14-24(22)29(17(5)6)18(7)8;;/h9-18H,1-8H3;;/q-1;+1;/p+2. The molecule has 1 nitrogen and oxygen atoms in total. The Hall–Kier alpha value is -0.378. The van der Waals surface area contributed by atoms with E-state index in [1.807, 2.05) is 0 Å². The van der Waals surface area contributed by atoms with Gasteiger partial charge in [0.1, 0.15) is 11.6 Å². The van der Waals surface area contributed by atoms with Crippen molar-refractivity contribution in [3.05, 3.63) is 53.3 Å². The van der Waals surface area contributed by atoms with Crippen LogP contribution >= 0.6 is 15.8 Å². The van der Waals surface area contributed by atoms with Gasteiger partial charge in [-0.15, -0.1) is 0 Å². The van der Waals surface area contributed by atoms with Crippen LogP contribution in [-0.2, 0) is 20.4 Å². The molecular weight excluding hydrogens is 509 g/mol. The Bertz CT molecular complexity index is 741. The summed E-state index contributed by atoms with van der Waals surface area (Å²) in [6.45, 7) is 17.7. The number of nitrogens with zero attached hydrogens (tertiary/aromatic N) is 1. The van der Waals surface area contributed by atoms with E-state index in [1.54, 1.807) is 24.3 Å². The molecule has 30 heavy (non-hydrogen) atoms. The third-order valence-corrected chi connectivity index (χ3v) is 12.3. The number of hydrogen-bond acceptors (Lipinski definition) is 0. The van der Waals surface area contributed by atoms with Gasteiger partial charge in [-0.2, -0.15) is 0 Å². The molecule has 0 saturated carbocycles. The molecule has 1 radical (unpaired) electrons. The fourth-order valence-electron chi connectivity index (χ4n) is 4.38. The molecule has 0 N–H and O–H groups in total. The van der Waals surface area contributed by atoms with Crippen molar-refractivity contribution in [2.75, 3.05) is 0 Å². The van der Waals surface area contributed by atoms with Gasteiger partial charge in [0, 0.05) is 28.0 Å². The van der Waals surface area contributed by atoms with Crippen molar-refractivity contribution < 1.29 is 29.2 Å². The van der Waals surface area contributed by atoms with Gasteiger partial charge in [0.2, 0.25) is 0 Å². The molecule has 0 heterocycles. The van der Waals surface area contributed by atoms with Gasteiger partial charge in [0.05, 0.1) is 33.2 Å². The quantitative estimate of drug-likeness (QED) is 0.243. The molecule has 0 spiro atoms. The second-order valence-electron chi connectivity index (χ2n) is 8.96. The summed E-state index contributed by atoms with van der Waals surface area (Å²) in [6.07, 6.45) is 0. The normalized spacial score (nSPS) is 11.9. The van der Waals surface area contributed by atoms with Crippen molar-refractivity contribution in [3.63, 3.8) is 0 Å². The summed E-state index contributed by atoms with van der Waals surface area (Å²) in [5.41, 5.74) is 3.54. The molecule has 0 saturated heterocycles. The Morgan fingerprint density at radius 3 is 1.17 bits per heavy atom. The van der Waals surface area contributed by atoms with E-state index in [0.717, 1.165) is 22.0 Å². The van der Waals surface area contributed by atoms with Crippen molar-refractivity contribution in [1.82, 2.24) is 0 Å². The van der Waals surface area contributed by atoms with Crippen molar-refractivity contribution in [1.29, 1.82) is 0 Å². The summed E-state index contributed by atoms with van der Waals surface area (Å²) < 4.78 is 28.4. The average molecular weight is 546 g/mol. The Kier molecular flexibility index (Phi) is 11.1. The van der Waals surface area contributed by atoms with E-state index in [-0.39, 0.29) is 32.1 Å². The summed E-state index contributed by atoms with van der Waals surface area (Å²) in [4.78, 5) is 0. The Labute approximate surface area is 198 Å². The van der Waals surface area contributed by atoms with E-state index >= 15 is 0 Å². The van der Waals surface area contributed by atoms with Gasteiger partial charge in [0.15, 0.2) is 0 Å². The van der Waals surface area contributed by atoms with Crippen LogP contribution in [0.2, 0.25) is 0 Å². The first-order chi connectivity index (χ1) is 13.5. The first kappa shape index (κ1) is 27.7. The third-order valence-electron chi connectivity index (χ3n) is 5.27. The van der Waals surface area contributed by atoms with Crippen LogP contribution in [0.4, 0.5) is 20.2 Å². The van der Waals surface area contributed by atoms with Crippen LogP contribution in [-0.4, -0.2) is 22.6 Å². The molecule has 0 aliphatic carbocycles. The number of halogens is 2. The SMILES string of the molecule is CC(C)[PH+](c1cc(F)ccc1[N-]c1ccc(F)cc1[PH+](C(C)C)C(C)C)C(C)C.[PdH+]. The molecule has 0 unspecified atom stereocenters. The summed E-state index contributed by atoms with van der Waals surface area (Å²) >= 11 is 0. The molecule has 0 aliphatic heterocycles. The van der Waals surface area contributed by atoms with Gasteiger partial charge in [-0.05, 0) is 67.5 Å². The zero-order chi connectivity index (χ0) is 21.9. The van der Waals surface area contributed by atoms with Crippen LogP contribution in [0, 0.1) is 11.6 Å². The molecule has 2 aromatic carbocycles. The fourth-order valence-corrected chi connectivity index (χ4v) is 11.0. The molecule has 0 atom stereocenters. The topological polar surface area (TPSA) is 14.1 Å². The molecule has 6 heteroatoms. The van der Waals surface area contributed by atoms with E-state index < -0.39 is 15.8 Å². The number of hydrogen-bond donors (Lipinski definition) is 0. The molecule has 0 amide bonds. The molecule has 170 valence electrons. The first-order valence-corrected chi connectivity index (χ1v) is 13.9. The maximum atomic E-state index is 14.2. The van der Waals surface area contributed by atoms with E-state index in [0.29, 0.717) is 22.6 Å². The Morgan fingerprint density at radius 1 is 0.600 bits per heavy atom. The molecule has 0 aliphatic rings. The van der Waals surface area contributed by atoms with E-state index in [2.05, 4.69) is 55.4 Å². The first-order valence-electron chi connectivity index (χ1n) is 10.6. The van der Waals surface area contributed by atoms with Crippen LogP contribution < -0.4 is 10.6 Å². The maximum absolute atomic E-state index is 14.2. The Balaban J connectivity index is 0.00000450. The van der Waals surface area contributed by atoms with E-state index in [9.17, 15) is 8.78 Å². The Morgan fingerprint density at radius 2 is 0.900 bits per heavy atom. The minimum atomic E-state index is -1.000. The summed E-state index contributed by atoms with van der Waals surface area (Å²) in [7, 11) is -2.00. The predicted octanol–water partition coefficient (Wildman–Crippen LogP) is 7.34. The van der Waals surface area contributed by atoms with Crippen LogP contribution in [0.25, 0.3) is 5.32 Å². The second-order valence-corrected chi connectivity index (χ2v) is 16.5. The monoisotopic (exact) mass is 545 g/mol. The van der Waals surface area contributed by atoms with Crippen LogP contribution in [0.3, 0.4) is 0 Å². The fraction of sp³-hybridized carbons (Fsp3) is 0.500. The summed E-state index contributed by atoms with van der Waals surface area (Å²) in [5, 5.41) is 7.09. The average Bonchev–Trinajstić information content (AvgIpc) is 2.58. The van der Waals surface area contributed by atoms with Crippen molar-refractivity contribution in [3.8, 4) is 0 Å². The van der Waals surface area contributed by atoms with Gasteiger partial charge in [-0.25, -0.2) is 8.78 Å². The van der Waals surface area contributed by atoms with Gasteiger partial charge in [-0.1, -0.05) is 23.5 Å². The van der Waals surface area contributed by atoms with E-state index in [4.69, 9.17) is 5.32 Å². The van der Waals surface area contributed by atoms with Crippen LogP contribution in [0.5, 0.6) is 0 Å². The van der Waals surface area contributed by atoms with Crippen LogP contribution in [0.15, 0.2) is 36.4 Å². The molecule has 2 rings (SSSR count). The minimum absolute atomic E-state index is 0. The van der Waals surface area contributed by atoms with Crippen molar-refractivity contribution in [2.45, 2.75) is 78.0 Å². The second kappa shape index (κ2) is 12.0. The predicted molar refractivity (Wildman–Crippen MR) is 133 cm³/mol.